The van der Waals surface area contributed by atoms with Crippen LogP contribution >= 0.6 is 0 Å². The minimum absolute atomic E-state index is 0.0122. The summed E-state index contributed by atoms with van der Waals surface area (Å²) in [6.45, 7) is 3.71. The predicted molar refractivity (Wildman–Crippen MR) is 82.6 cm³/mol. The van der Waals surface area contributed by atoms with Gasteiger partial charge in [-0.2, -0.15) is 0 Å². The summed E-state index contributed by atoms with van der Waals surface area (Å²) >= 11 is 0. The Morgan fingerprint density at radius 3 is 2.96 bits per heavy atom. The van der Waals surface area contributed by atoms with E-state index >= 15 is 0 Å². The molecule has 2 amide bonds. The summed E-state index contributed by atoms with van der Waals surface area (Å²) in [7, 11) is 1.83. The highest BCUT2D eigenvalue weighted by Crippen LogP contribution is 2.39. The van der Waals surface area contributed by atoms with Gasteiger partial charge in [0.15, 0.2) is 0 Å². The highest BCUT2D eigenvalue weighted by atomic mass is 16.4. The number of aromatic nitrogens is 2. The Bertz CT molecular complexity index is 639. The lowest BCUT2D eigenvalue weighted by molar-refractivity contribution is -0.143. The van der Waals surface area contributed by atoms with Crippen molar-refractivity contribution in [2.24, 2.45) is 5.41 Å². The second-order valence-electron chi connectivity index (χ2n) is 6.36. The SMILES string of the molecule is CC=CCc1nnc(C(=O)N2CCC3(CCCN(C)C3=O)C2)o1. The molecule has 0 aliphatic carbocycles. The zero-order chi connectivity index (χ0) is 16.4. The average Bonchev–Trinajstić information content (AvgIpc) is 3.18. The Morgan fingerprint density at radius 2 is 2.17 bits per heavy atom. The monoisotopic (exact) mass is 318 g/mol. The maximum Gasteiger partial charge on any atom is 0.311 e. The third kappa shape index (κ3) is 2.87. The molecule has 1 atom stereocenters. The first-order chi connectivity index (χ1) is 11.1. The minimum atomic E-state index is -0.420. The summed E-state index contributed by atoms with van der Waals surface area (Å²) in [4.78, 5) is 28.5. The van der Waals surface area contributed by atoms with Crippen LogP contribution in [0.1, 0.15) is 42.8 Å². The van der Waals surface area contributed by atoms with Gasteiger partial charge in [0.2, 0.25) is 11.8 Å². The van der Waals surface area contributed by atoms with Gasteiger partial charge in [0.05, 0.1) is 5.41 Å². The number of amides is 2. The van der Waals surface area contributed by atoms with Crippen molar-refractivity contribution in [1.29, 1.82) is 0 Å². The number of likely N-dealkylation sites (tertiary alicyclic amines) is 2. The second kappa shape index (κ2) is 6.14. The molecule has 1 unspecified atom stereocenters. The zero-order valence-corrected chi connectivity index (χ0v) is 13.6. The van der Waals surface area contributed by atoms with Crippen LogP contribution in [-0.2, 0) is 11.2 Å². The molecule has 0 saturated carbocycles. The van der Waals surface area contributed by atoms with Gasteiger partial charge < -0.3 is 14.2 Å². The molecule has 3 heterocycles. The Labute approximate surface area is 135 Å². The van der Waals surface area contributed by atoms with Crippen LogP contribution in [0.2, 0.25) is 0 Å². The summed E-state index contributed by atoms with van der Waals surface area (Å²) in [5.74, 6) is 0.312. The maximum atomic E-state index is 12.5. The van der Waals surface area contributed by atoms with Crippen molar-refractivity contribution in [2.75, 3.05) is 26.7 Å². The summed E-state index contributed by atoms with van der Waals surface area (Å²) in [6, 6.07) is 0. The van der Waals surface area contributed by atoms with E-state index in [1.807, 2.05) is 26.1 Å². The molecule has 3 rings (SSSR count). The van der Waals surface area contributed by atoms with Gasteiger partial charge in [0.25, 0.3) is 0 Å². The van der Waals surface area contributed by atoms with E-state index in [2.05, 4.69) is 10.2 Å². The van der Waals surface area contributed by atoms with Gasteiger partial charge in [0, 0.05) is 33.1 Å². The largest absolute Gasteiger partial charge is 0.417 e. The van der Waals surface area contributed by atoms with Crippen molar-refractivity contribution in [1.82, 2.24) is 20.0 Å². The Kier molecular flexibility index (Phi) is 4.19. The van der Waals surface area contributed by atoms with Gasteiger partial charge in [-0.25, -0.2) is 0 Å². The molecule has 7 nitrogen and oxygen atoms in total. The highest BCUT2D eigenvalue weighted by Gasteiger charge is 2.49. The Hall–Kier alpha value is -2.18. The van der Waals surface area contributed by atoms with Crippen LogP contribution < -0.4 is 0 Å². The van der Waals surface area contributed by atoms with E-state index in [0.717, 1.165) is 19.4 Å². The van der Waals surface area contributed by atoms with Gasteiger partial charge in [0.1, 0.15) is 0 Å². The quantitative estimate of drug-likeness (QED) is 0.784. The number of rotatable bonds is 3. The van der Waals surface area contributed by atoms with E-state index in [1.54, 1.807) is 9.80 Å². The molecule has 1 aromatic heterocycles. The molecule has 2 aliphatic rings. The lowest BCUT2D eigenvalue weighted by atomic mass is 9.78. The second-order valence-corrected chi connectivity index (χ2v) is 6.36. The molecule has 1 aromatic rings. The summed E-state index contributed by atoms with van der Waals surface area (Å²) in [5, 5.41) is 7.73. The fourth-order valence-electron chi connectivity index (χ4n) is 3.47. The third-order valence-corrected chi connectivity index (χ3v) is 4.77. The fourth-order valence-corrected chi connectivity index (χ4v) is 3.47. The molecular formula is C16H22N4O3. The van der Waals surface area contributed by atoms with E-state index in [0.29, 0.717) is 31.8 Å². The zero-order valence-electron chi connectivity index (χ0n) is 13.6. The van der Waals surface area contributed by atoms with E-state index < -0.39 is 5.41 Å². The molecule has 0 N–H and O–H groups in total. The number of carbonyl (C=O) groups excluding carboxylic acids is 2. The summed E-state index contributed by atoms with van der Waals surface area (Å²) in [5.41, 5.74) is -0.420. The Balaban J connectivity index is 1.70. The number of carbonyl (C=O) groups is 2. The number of piperidine rings is 1. The van der Waals surface area contributed by atoms with Crippen LogP contribution in [0, 0.1) is 5.41 Å². The van der Waals surface area contributed by atoms with E-state index in [-0.39, 0.29) is 17.7 Å². The van der Waals surface area contributed by atoms with E-state index in [9.17, 15) is 9.59 Å². The molecule has 2 aliphatic heterocycles. The number of nitrogens with zero attached hydrogens (tertiary/aromatic N) is 4. The standard InChI is InChI=1S/C16H22N4O3/c1-3-4-6-12-17-18-13(23-12)14(21)20-10-8-16(11-20)7-5-9-19(2)15(16)22/h3-4H,5-11H2,1-2H3. The lowest BCUT2D eigenvalue weighted by Crippen LogP contribution is -2.48. The van der Waals surface area contributed by atoms with E-state index in [4.69, 9.17) is 4.42 Å². The van der Waals surface area contributed by atoms with Crippen molar-refractivity contribution in [3.8, 4) is 0 Å². The first-order valence-corrected chi connectivity index (χ1v) is 8.04. The molecule has 2 fully saturated rings. The van der Waals surface area contributed by atoms with Crippen molar-refractivity contribution in [2.45, 2.75) is 32.6 Å². The molecule has 0 aromatic carbocycles. The Morgan fingerprint density at radius 1 is 1.35 bits per heavy atom. The summed E-state index contributed by atoms with van der Waals surface area (Å²) in [6.07, 6.45) is 6.84. The topological polar surface area (TPSA) is 79.5 Å². The lowest BCUT2D eigenvalue weighted by Gasteiger charge is -2.37. The van der Waals surface area contributed by atoms with Gasteiger partial charge in [-0.1, -0.05) is 12.2 Å². The fraction of sp³-hybridized carbons (Fsp3) is 0.625. The molecular weight excluding hydrogens is 296 g/mol. The van der Waals surface area contributed by atoms with Crippen LogP contribution in [0.25, 0.3) is 0 Å². The third-order valence-electron chi connectivity index (χ3n) is 4.77. The maximum absolute atomic E-state index is 12.5. The van der Waals surface area contributed by atoms with Crippen LogP contribution in [0.4, 0.5) is 0 Å². The molecule has 2 saturated heterocycles. The highest BCUT2D eigenvalue weighted by molar-refractivity contribution is 5.91. The predicted octanol–water partition coefficient (Wildman–Crippen LogP) is 1.27. The van der Waals surface area contributed by atoms with Gasteiger partial charge in [-0.15, -0.1) is 10.2 Å². The first kappa shape index (κ1) is 15.7. The average molecular weight is 318 g/mol. The van der Waals surface area contributed by atoms with Crippen LogP contribution in [-0.4, -0.2) is 58.5 Å². The molecule has 1 spiro atoms. The van der Waals surface area contributed by atoms with Crippen LogP contribution in [0.3, 0.4) is 0 Å². The van der Waals surface area contributed by atoms with E-state index in [1.165, 1.54) is 0 Å². The van der Waals surface area contributed by atoms with Crippen molar-refractivity contribution in [3.05, 3.63) is 23.9 Å². The van der Waals surface area contributed by atoms with Gasteiger partial charge in [-0.05, 0) is 26.2 Å². The van der Waals surface area contributed by atoms with Gasteiger partial charge in [-0.3, -0.25) is 9.59 Å². The molecule has 0 radical (unpaired) electrons. The van der Waals surface area contributed by atoms with Crippen molar-refractivity contribution in [3.63, 3.8) is 0 Å². The molecule has 124 valence electrons. The van der Waals surface area contributed by atoms with Gasteiger partial charge >= 0.3 is 11.8 Å². The number of hydrogen-bond acceptors (Lipinski definition) is 5. The minimum Gasteiger partial charge on any atom is -0.417 e. The van der Waals surface area contributed by atoms with Crippen molar-refractivity contribution >= 4 is 11.8 Å². The smallest absolute Gasteiger partial charge is 0.311 e. The van der Waals surface area contributed by atoms with Crippen LogP contribution in [0.15, 0.2) is 16.6 Å². The normalized spacial score (nSPS) is 25.0. The van der Waals surface area contributed by atoms with Crippen molar-refractivity contribution < 1.29 is 14.0 Å². The molecule has 0 bridgehead atoms. The number of allylic oxidation sites excluding steroid dienone is 2. The summed E-state index contributed by atoms with van der Waals surface area (Å²) < 4.78 is 5.42. The molecule has 7 heteroatoms. The number of hydrogen-bond donors (Lipinski definition) is 0. The van der Waals surface area contributed by atoms with Crippen LogP contribution in [0.5, 0.6) is 0 Å². The molecule has 23 heavy (non-hydrogen) atoms. The first-order valence-electron chi connectivity index (χ1n) is 8.04.